The summed E-state index contributed by atoms with van der Waals surface area (Å²) in [6, 6.07) is 13.6. The Morgan fingerprint density at radius 1 is 1.36 bits per heavy atom. The molecule has 0 N–H and O–H groups in total. The number of nitriles is 1. The van der Waals surface area contributed by atoms with E-state index in [0.29, 0.717) is 25.3 Å². The molecule has 1 amide bonds. The molecule has 0 bridgehead atoms. The van der Waals surface area contributed by atoms with E-state index in [1.807, 2.05) is 6.07 Å². The highest BCUT2D eigenvalue weighted by Gasteiger charge is 2.26. The van der Waals surface area contributed by atoms with Crippen LogP contribution in [0.15, 0.2) is 42.5 Å². The van der Waals surface area contributed by atoms with Gasteiger partial charge in [-0.2, -0.15) is 5.26 Å². The average Bonchev–Trinajstić information content (AvgIpc) is 2.64. The van der Waals surface area contributed by atoms with Gasteiger partial charge in [0.15, 0.2) is 0 Å². The fourth-order valence-corrected chi connectivity index (χ4v) is 3.03. The summed E-state index contributed by atoms with van der Waals surface area (Å²) < 4.78 is 19.1. The van der Waals surface area contributed by atoms with Crippen molar-refractivity contribution in [2.24, 2.45) is 0 Å². The first-order chi connectivity index (χ1) is 12.1. The minimum absolute atomic E-state index is 0.0359. The number of hydrogen-bond acceptors (Lipinski definition) is 3. The molecule has 6 heteroatoms. The van der Waals surface area contributed by atoms with Crippen molar-refractivity contribution in [3.05, 3.63) is 70.0 Å². The van der Waals surface area contributed by atoms with Crippen molar-refractivity contribution in [2.75, 3.05) is 19.7 Å². The summed E-state index contributed by atoms with van der Waals surface area (Å²) in [7, 11) is 0. The highest BCUT2D eigenvalue weighted by molar-refractivity contribution is 6.30. The molecule has 1 aliphatic rings. The van der Waals surface area contributed by atoms with E-state index in [0.717, 1.165) is 11.1 Å². The zero-order chi connectivity index (χ0) is 17.8. The van der Waals surface area contributed by atoms with Gasteiger partial charge in [-0.1, -0.05) is 29.8 Å². The molecule has 0 aromatic heterocycles. The highest BCUT2D eigenvalue weighted by atomic mass is 35.5. The summed E-state index contributed by atoms with van der Waals surface area (Å²) in [5, 5.41) is 8.84. The Balaban J connectivity index is 1.76. The molecular weight excluding hydrogens is 343 g/mol. The number of carbonyl (C=O) groups is 1. The molecule has 128 valence electrons. The van der Waals surface area contributed by atoms with Crippen LogP contribution in [-0.4, -0.2) is 30.5 Å². The zero-order valence-electron chi connectivity index (χ0n) is 13.4. The monoisotopic (exact) mass is 358 g/mol. The lowest BCUT2D eigenvalue weighted by Gasteiger charge is -2.33. The number of ether oxygens (including phenoxy) is 1. The summed E-state index contributed by atoms with van der Waals surface area (Å²) in [5.41, 5.74) is 2.09. The van der Waals surface area contributed by atoms with E-state index in [1.165, 1.54) is 12.1 Å². The van der Waals surface area contributed by atoms with E-state index in [-0.39, 0.29) is 23.5 Å². The van der Waals surface area contributed by atoms with Crippen LogP contribution in [0.25, 0.3) is 0 Å². The number of rotatable bonds is 3. The van der Waals surface area contributed by atoms with Gasteiger partial charge < -0.3 is 9.64 Å². The Morgan fingerprint density at radius 3 is 2.96 bits per heavy atom. The van der Waals surface area contributed by atoms with Crippen LogP contribution in [0, 0.1) is 17.1 Å². The molecule has 2 aromatic rings. The summed E-state index contributed by atoms with van der Waals surface area (Å²) >= 11 is 5.84. The quantitative estimate of drug-likeness (QED) is 0.839. The Hall–Kier alpha value is -2.42. The molecule has 0 spiro atoms. The minimum atomic E-state index is -0.483. The Morgan fingerprint density at radius 2 is 2.20 bits per heavy atom. The lowest BCUT2D eigenvalue weighted by atomic mass is 10.1. The molecule has 4 nitrogen and oxygen atoms in total. The predicted molar refractivity (Wildman–Crippen MR) is 91.8 cm³/mol. The lowest BCUT2D eigenvalue weighted by molar-refractivity contribution is -0.0228. The number of halogens is 2. The molecule has 1 atom stereocenters. The van der Waals surface area contributed by atoms with Gasteiger partial charge in [-0.15, -0.1) is 0 Å². The predicted octanol–water partition coefficient (Wildman–Crippen LogP) is 3.76. The van der Waals surface area contributed by atoms with Crippen molar-refractivity contribution < 1.29 is 13.9 Å². The summed E-state index contributed by atoms with van der Waals surface area (Å²) in [6.45, 7) is 1.24. The normalized spacial score (nSPS) is 17.2. The third kappa shape index (κ3) is 3.98. The van der Waals surface area contributed by atoms with Crippen LogP contribution in [0.5, 0.6) is 0 Å². The van der Waals surface area contributed by atoms with Crippen LogP contribution >= 0.6 is 11.6 Å². The summed E-state index contributed by atoms with van der Waals surface area (Å²) in [6.07, 6.45) is -0.0842. The molecule has 0 saturated carbocycles. The summed E-state index contributed by atoms with van der Waals surface area (Å²) in [5.74, 6) is -0.593. The molecule has 0 aliphatic carbocycles. The first-order valence-corrected chi connectivity index (χ1v) is 8.28. The fourth-order valence-electron chi connectivity index (χ4n) is 2.84. The van der Waals surface area contributed by atoms with Crippen LogP contribution in [0.2, 0.25) is 5.02 Å². The van der Waals surface area contributed by atoms with Gasteiger partial charge in [0.1, 0.15) is 11.9 Å². The average molecular weight is 359 g/mol. The number of hydrogen-bond donors (Lipinski definition) is 0. The topological polar surface area (TPSA) is 53.3 Å². The van der Waals surface area contributed by atoms with Crippen molar-refractivity contribution in [2.45, 2.75) is 12.5 Å². The maximum absolute atomic E-state index is 13.3. The van der Waals surface area contributed by atoms with Crippen LogP contribution in [0.3, 0.4) is 0 Å². The van der Waals surface area contributed by atoms with Gasteiger partial charge in [0.2, 0.25) is 0 Å². The molecule has 2 aromatic carbocycles. The molecule has 1 heterocycles. The van der Waals surface area contributed by atoms with E-state index in [2.05, 4.69) is 6.07 Å². The molecule has 1 aliphatic heterocycles. The third-order valence-corrected chi connectivity index (χ3v) is 4.42. The molecule has 1 fully saturated rings. The smallest absolute Gasteiger partial charge is 0.254 e. The molecule has 1 saturated heterocycles. The van der Waals surface area contributed by atoms with E-state index in [4.69, 9.17) is 21.6 Å². The number of carbonyl (C=O) groups excluding carboxylic acids is 1. The summed E-state index contributed by atoms with van der Waals surface area (Å²) in [4.78, 5) is 14.5. The molecular formula is C19H16ClFN2O2. The number of amides is 1. The Kier molecular flexibility index (Phi) is 5.32. The standard InChI is InChI=1S/C19H16ClFN2O2/c20-16-11-14(4-5-17(16)21)18-12-23(8-9-25-18)19(24)15-3-1-2-13(10-15)6-7-22/h1-5,10-11,18H,6,8-9,12H2/t18-/m1/s1. The van der Waals surface area contributed by atoms with E-state index >= 15 is 0 Å². The van der Waals surface area contributed by atoms with Crippen LogP contribution in [0.1, 0.15) is 27.6 Å². The number of nitrogens with zero attached hydrogens (tertiary/aromatic N) is 2. The van der Waals surface area contributed by atoms with E-state index in [1.54, 1.807) is 29.2 Å². The van der Waals surface area contributed by atoms with Gasteiger partial charge in [-0.05, 0) is 35.4 Å². The van der Waals surface area contributed by atoms with Gasteiger partial charge in [0, 0.05) is 12.1 Å². The fraction of sp³-hybridized carbons (Fsp3) is 0.263. The Bertz CT molecular complexity index is 834. The Labute approximate surface area is 150 Å². The van der Waals surface area contributed by atoms with Gasteiger partial charge in [0.05, 0.1) is 30.7 Å². The zero-order valence-corrected chi connectivity index (χ0v) is 14.2. The maximum atomic E-state index is 13.3. The first-order valence-electron chi connectivity index (χ1n) is 7.90. The molecule has 25 heavy (non-hydrogen) atoms. The number of benzene rings is 2. The maximum Gasteiger partial charge on any atom is 0.254 e. The molecule has 0 unspecified atom stereocenters. The van der Waals surface area contributed by atoms with E-state index in [9.17, 15) is 9.18 Å². The van der Waals surface area contributed by atoms with Gasteiger partial charge >= 0.3 is 0 Å². The van der Waals surface area contributed by atoms with Crippen LogP contribution < -0.4 is 0 Å². The SMILES string of the molecule is N#CCc1cccc(C(=O)N2CCO[C@@H](c3ccc(F)c(Cl)c3)C2)c1. The second-order valence-electron chi connectivity index (χ2n) is 5.82. The minimum Gasteiger partial charge on any atom is -0.370 e. The second kappa shape index (κ2) is 7.64. The second-order valence-corrected chi connectivity index (χ2v) is 6.23. The van der Waals surface area contributed by atoms with Crippen molar-refractivity contribution in [1.29, 1.82) is 5.26 Å². The first kappa shape index (κ1) is 17.4. The van der Waals surface area contributed by atoms with Gasteiger partial charge in [-0.3, -0.25) is 4.79 Å². The highest BCUT2D eigenvalue weighted by Crippen LogP contribution is 2.27. The molecule has 3 rings (SSSR count). The van der Waals surface area contributed by atoms with E-state index < -0.39 is 5.82 Å². The van der Waals surface area contributed by atoms with Gasteiger partial charge in [0.25, 0.3) is 5.91 Å². The van der Waals surface area contributed by atoms with Crippen LogP contribution in [-0.2, 0) is 11.2 Å². The van der Waals surface area contributed by atoms with Crippen LogP contribution in [0.4, 0.5) is 4.39 Å². The van der Waals surface area contributed by atoms with Gasteiger partial charge in [-0.25, -0.2) is 4.39 Å². The van der Waals surface area contributed by atoms with Crippen molar-refractivity contribution in [3.63, 3.8) is 0 Å². The van der Waals surface area contributed by atoms with Crippen molar-refractivity contribution in [1.82, 2.24) is 4.90 Å². The van der Waals surface area contributed by atoms with Crippen molar-refractivity contribution in [3.8, 4) is 6.07 Å². The number of morpholine rings is 1. The lowest BCUT2D eigenvalue weighted by Crippen LogP contribution is -2.42. The third-order valence-electron chi connectivity index (χ3n) is 4.13. The molecule has 0 radical (unpaired) electrons. The van der Waals surface area contributed by atoms with Crippen molar-refractivity contribution >= 4 is 17.5 Å². The largest absolute Gasteiger partial charge is 0.370 e.